The van der Waals surface area contributed by atoms with Crippen molar-refractivity contribution in [1.29, 1.82) is 0 Å². The molecular formula is C12H6BrClF3N3O. The number of anilines is 1. The summed E-state index contributed by atoms with van der Waals surface area (Å²) in [5.41, 5.74) is -1.11. The topological polar surface area (TPSA) is 54.9 Å². The fourth-order valence-corrected chi connectivity index (χ4v) is 1.78. The zero-order valence-corrected chi connectivity index (χ0v) is 12.4. The molecule has 2 rings (SSSR count). The molecule has 4 nitrogen and oxygen atoms in total. The van der Waals surface area contributed by atoms with Gasteiger partial charge in [-0.3, -0.25) is 4.79 Å². The van der Waals surface area contributed by atoms with E-state index < -0.39 is 17.6 Å². The van der Waals surface area contributed by atoms with E-state index in [4.69, 9.17) is 11.6 Å². The van der Waals surface area contributed by atoms with Gasteiger partial charge in [0, 0.05) is 0 Å². The highest BCUT2D eigenvalue weighted by molar-refractivity contribution is 9.10. The van der Waals surface area contributed by atoms with Crippen LogP contribution in [0.15, 0.2) is 35.2 Å². The van der Waals surface area contributed by atoms with Gasteiger partial charge in [0.2, 0.25) is 0 Å². The molecule has 2 aromatic rings. The SMILES string of the molecule is O=C(Nc1cc(C(F)(F)F)ccc1Cl)c1cnc(Br)cn1. The number of rotatable bonds is 2. The third-order valence-electron chi connectivity index (χ3n) is 2.39. The van der Waals surface area contributed by atoms with Gasteiger partial charge in [0.05, 0.1) is 28.7 Å². The van der Waals surface area contributed by atoms with E-state index in [1.807, 2.05) is 0 Å². The first kappa shape index (κ1) is 15.7. The molecule has 1 N–H and O–H groups in total. The van der Waals surface area contributed by atoms with E-state index >= 15 is 0 Å². The van der Waals surface area contributed by atoms with Crippen molar-refractivity contribution < 1.29 is 18.0 Å². The van der Waals surface area contributed by atoms with Crippen molar-refractivity contribution in [2.45, 2.75) is 6.18 Å². The number of halogens is 5. The fourth-order valence-electron chi connectivity index (χ4n) is 1.41. The Kier molecular flexibility index (Phi) is 4.48. The maximum Gasteiger partial charge on any atom is 0.416 e. The molecule has 0 aliphatic carbocycles. The summed E-state index contributed by atoms with van der Waals surface area (Å²) < 4.78 is 38.3. The van der Waals surface area contributed by atoms with Gasteiger partial charge >= 0.3 is 6.18 Å². The van der Waals surface area contributed by atoms with Gasteiger partial charge in [0.25, 0.3) is 5.91 Å². The van der Waals surface area contributed by atoms with Gasteiger partial charge in [-0.05, 0) is 34.1 Å². The van der Waals surface area contributed by atoms with Gasteiger partial charge in [0.1, 0.15) is 10.3 Å². The van der Waals surface area contributed by atoms with E-state index in [1.54, 1.807) is 0 Å². The smallest absolute Gasteiger partial charge is 0.319 e. The zero-order chi connectivity index (χ0) is 15.6. The predicted octanol–water partition coefficient (Wildman–Crippen LogP) is 4.16. The highest BCUT2D eigenvalue weighted by atomic mass is 79.9. The van der Waals surface area contributed by atoms with E-state index in [1.165, 1.54) is 12.4 Å². The molecule has 0 aliphatic heterocycles. The molecule has 0 saturated carbocycles. The number of carbonyl (C=O) groups is 1. The van der Waals surface area contributed by atoms with Crippen LogP contribution in [0.5, 0.6) is 0 Å². The normalized spacial score (nSPS) is 11.3. The van der Waals surface area contributed by atoms with Gasteiger partial charge in [0.15, 0.2) is 0 Å². The van der Waals surface area contributed by atoms with E-state index in [9.17, 15) is 18.0 Å². The van der Waals surface area contributed by atoms with Gasteiger partial charge in [-0.2, -0.15) is 13.2 Å². The molecule has 0 bridgehead atoms. The third-order valence-corrected chi connectivity index (χ3v) is 3.13. The first-order valence-corrected chi connectivity index (χ1v) is 6.60. The monoisotopic (exact) mass is 379 g/mol. The van der Waals surface area contributed by atoms with Crippen LogP contribution in [0.4, 0.5) is 18.9 Å². The van der Waals surface area contributed by atoms with E-state index in [0.717, 1.165) is 18.2 Å². The predicted molar refractivity (Wildman–Crippen MR) is 74.1 cm³/mol. The summed E-state index contributed by atoms with van der Waals surface area (Å²) in [6.07, 6.45) is -2.05. The number of aromatic nitrogens is 2. The lowest BCUT2D eigenvalue weighted by molar-refractivity contribution is -0.137. The molecule has 0 radical (unpaired) electrons. The molecule has 0 unspecified atom stereocenters. The Morgan fingerprint density at radius 3 is 2.52 bits per heavy atom. The van der Waals surface area contributed by atoms with Crippen LogP contribution in [0.1, 0.15) is 16.1 Å². The molecule has 1 aromatic heterocycles. The van der Waals surface area contributed by atoms with Gasteiger partial charge in [-0.1, -0.05) is 11.6 Å². The Balaban J connectivity index is 2.26. The Morgan fingerprint density at radius 2 is 1.95 bits per heavy atom. The molecule has 0 spiro atoms. The van der Waals surface area contributed by atoms with Crippen molar-refractivity contribution in [3.05, 3.63) is 51.5 Å². The van der Waals surface area contributed by atoms with Crippen LogP contribution >= 0.6 is 27.5 Å². The number of nitrogens with zero attached hydrogens (tertiary/aromatic N) is 2. The van der Waals surface area contributed by atoms with Crippen LogP contribution in [0, 0.1) is 0 Å². The Morgan fingerprint density at radius 1 is 1.24 bits per heavy atom. The Hall–Kier alpha value is -1.67. The molecule has 0 saturated heterocycles. The van der Waals surface area contributed by atoms with Crippen LogP contribution < -0.4 is 5.32 Å². The summed E-state index contributed by atoms with van der Waals surface area (Å²) in [5.74, 6) is -0.712. The first-order valence-electron chi connectivity index (χ1n) is 5.43. The molecule has 1 aromatic carbocycles. The minimum absolute atomic E-state index is 0.0126. The number of carbonyl (C=O) groups excluding carboxylic acids is 1. The lowest BCUT2D eigenvalue weighted by Crippen LogP contribution is -2.15. The van der Waals surface area contributed by atoms with E-state index in [0.29, 0.717) is 4.60 Å². The zero-order valence-electron chi connectivity index (χ0n) is 10.1. The average Bonchev–Trinajstić information content (AvgIpc) is 2.40. The molecule has 0 aliphatic rings. The molecule has 0 atom stereocenters. The van der Waals surface area contributed by atoms with Crippen LogP contribution in [-0.4, -0.2) is 15.9 Å². The lowest BCUT2D eigenvalue weighted by atomic mass is 10.2. The minimum atomic E-state index is -4.53. The molecular weight excluding hydrogens is 375 g/mol. The largest absolute Gasteiger partial charge is 0.416 e. The van der Waals surface area contributed by atoms with Crippen LogP contribution in [0.25, 0.3) is 0 Å². The lowest BCUT2D eigenvalue weighted by Gasteiger charge is -2.11. The molecule has 9 heteroatoms. The second-order valence-electron chi connectivity index (χ2n) is 3.87. The second kappa shape index (κ2) is 5.98. The second-order valence-corrected chi connectivity index (χ2v) is 5.09. The molecule has 1 heterocycles. The van der Waals surface area contributed by atoms with Crippen molar-refractivity contribution in [2.75, 3.05) is 5.32 Å². The summed E-state index contributed by atoms with van der Waals surface area (Å²) in [7, 11) is 0. The molecule has 1 amide bonds. The summed E-state index contributed by atoms with van der Waals surface area (Å²) >= 11 is 8.83. The molecule has 0 fully saturated rings. The molecule has 110 valence electrons. The summed E-state index contributed by atoms with van der Waals surface area (Å²) in [4.78, 5) is 19.5. The first-order chi connectivity index (χ1) is 9.77. The average molecular weight is 381 g/mol. The summed E-state index contributed by atoms with van der Waals surface area (Å²) in [5, 5.41) is 2.26. The summed E-state index contributed by atoms with van der Waals surface area (Å²) in [6.45, 7) is 0. The maximum absolute atomic E-state index is 12.6. The number of alkyl halides is 3. The number of benzene rings is 1. The van der Waals surface area contributed by atoms with Crippen LogP contribution in [-0.2, 0) is 6.18 Å². The van der Waals surface area contributed by atoms with Crippen LogP contribution in [0.3, 0.4) is 0 Å². The third kappa shape index (κ3) is 3.92. The maximum atomic E-state index is 12.6. The molecule has 21 heavy (non-hydrogen) atoms. The summed E-state index contributed by atoms with van der Waals surface area (Å²) in [6, 6.07) is 2.65. The van der Waals surface area contributed by atoms with Gasteiger partial charge in [-0.25, -0.2) is 9.97 Å². The Labute approximate surface area is 130 Å². The number of hydrogen-bond donors (Lipinski definition) is 1. The standard InChI is InChI=1S/C12H6BrClF3N3O/c13-10-5-18-9(4-19-10)11(21)20-8-3-6(12(15,16)17)1-2-7(8)14/h1-5H,(H,20,21). The highest BCUT2D eigenvalue weighted by Crippen LogP contribution is 2.33. The van der Waals surface area contributed by atoms with Crippen molar-refractivity contribution in [3.8, 4) is 0 Å². The quantitative estimate of drug-likeness (QED) is 0.851. The number of amides is 1. The minimum Gasteiger partial charge on any atom is -0.319 e. The fraction of sp³-hybridized carbons (Fsp3) is 0.0833. The van der Waals surface area contributed by atoms with E-state index in [-0.39, 0.29) is 16.4 Å². The van der Waals surface area contributed by atoms with Crippen LogP contribution in [0.2, 0.25) is 5.02 Å². The van der Waals surface area contributed by atoms with Crippen molar-refractivity contribution >= 4 is 39.1 Å². The van der Waals surface area contributed by atoms with Crippen molar-refractivity contribution in [1.82, 2.24) is 9.97 Å². The van der Waals surface area contributed by atoms with E-state index in [2.05, 4.69) is 31.2 Å². The Bertz CT molecular complexity index is 676. The highest BCUT2D eigenvalue weighted by Gasteiger charge is 2.31. The van der Waals surface area contributed by atoms with Gasteiger partial charge in [-0.15, -0.1) is 0 Å². The number of hydrogen-bond acceptors (Lipinski definition) is 3. The van der Waals surface area contributed by atoms with Gasteiger partial charge < -0.3 is 5.32 Å². The van der Waals surface area contributed by atoms with Crippen molar-refractivity contribution in [2.24, 2.45) is 0 Å². The van der Waals surface area contributed by atoms with Crippen molar-refractivity contribution in [3.63, 3.8) is 0 Å². The number of nitrogens with one attached hydrogen (secondary N) is 1.